The van der Waals surface area contributed by atoms with Gasteiger partial charge in [0.05, 0.1) is 20.8 Å². The third kappa shape index (κ3) is 4.58. The molecule has 4 heteroatoms. The van der Waals surface area contributed by atoms with Crippen LogP contribution in [0.4, 0.5) is 0 Å². The van der Waals surface area contributed by atoms with Crippen molar-refractivity contribution >= 4 is 5.78 Å². The fourth-order valence-corrected chi connectivity index (χ4v) is 3.52. The SMILES string of the molecule is COc1ccc([C@]2(CCOCc3ccccc3)C=CC(=O)CC2)cc1OC. The monoisotopic (exact) mass is 366 g/mol. The lowest BCUT2D eigenvalue weighted by atomic mass is 9.71. The van der Waals surface area contributed by atoms with Crippen molar-refractivity contribution in [2.45, 2.75) is 31.3 Å². The molecule has 4 nitrogen and oxygen atoms in total. The van der Waals surface area contributed by atoms with Gasteiger partial charge in [0.2, 0.25) is 0 Å². The number of ether oxygens (including phenoxy) is 3. The first-order chi connectivity index (χ1) is 13.2. The molecule has 0 saturated carbocycles. The molecule has 27 heavy (non-hydrogen) atoms. The number of allylic oxidation sites excluding steroid dienone is 2. The van der Waals surface area contributed by atoms with Crippen molar-refractivity contribution in [3.05, 3.63) is 71.8 Å². The van der Waals surface area contributed by atoms with E-state index in [1.807, 2.05) is 36.4 Å². The molecule has 0 saturated heterocycles. The molecule has 0 spiro atoms. The summed E-state index contributed by atoms with van der Waals surface area (Å²) < 4.78 is 16.7. The number of rotatable bonds is 8. The molecule has 0 heterocycles. The van der Waals surface area contributed by atoms with E-state index < -0.39 is 0 Å². The summed E-state index contributed by atoms with van der Waals surface area (Å²) in [6, 6.07) is 16.1. The van der Waals surface area contributed by atoms with Crippen LogP contribution in [0.3, 0.4) is 0 Å². The molecule has 0 aliphatic heterocycles. The highest BCUT2D eigenvalue weighted by Crippen LogP contribution is 2.41. The fraction of sp³-hybridized carbons (Fsp3) is 0.348. The number of benzene rings is 2. The normalized spacial score (nSPS) is 19.1. The average Bonchev–Trinajstić information content (AvgIpc) is 2.73. The van der Waals surface area contributed by atoms with E-state index in [-0.39, 0.29) is 11.2 Å². The van der Waals surface area contributed by atoms with Gasteiger partial charge < -0.3 is 14.2 Å². The molecule has 0 unspecified atom stereocenters. The number of hydrogen-bond acceptors (Lipinski definition) is 4. The van der Waals surface area contributed by atoms with Crippen molar-refractivity contribution in [1.82, 2.24) is 0 Å². The smallest absolute Gasteiger partial charge is 0.161 e. The minimum absolute atomic E-state index is 0.177. The van der Waals surface area contributed by atoms with E-state index in [4.69, 9.17) is 14.2 Å². The van der Waals surface area contributed by atoms with Gasteiger partial charge in [0.25, 0.3) is 0 Å². The van der Waals surface area contributed by atoms with Gasteiger partial charge in [-0.25, -0.2) is 0 Å². The Morgan fingerprint density at radius 2 is 1.78 bits per heavy atom. The lowest BCUT2D eigenvalue weighted by Gasteiger charge is -2.34. The standard InChI is InChI=1S/C23H26O4/c1-25-21-9-8-19(16-22(21)26-2)23(12-10-20(24)11-13-23)14-15-27-17-18-6-4-3-5-7-18/h3-10,12,16H,11,13-15,17H2,1-2H3/t23-/m1/s1. The van der Waals surface area contributed by atoms with Crippen LogP contribution in [0.15, 0.2) is 60.7 Å². The zero-order valence-corrected chi connectivity index (χ0v) is 15.9. The van der Waals surface area contributed by atoms with Crippen LogP contribution in [0.1, 0.15) is 30.4 Å². The third-order valence-corrected chi connectivity index (χ3v) is 5.17. The Bertz CT molecular complexity index is 797. The van der Waals surface area contributed by atoms with Gasteiger partial charge in [0.15, 0.2) is 17.3 Å². The van der Waals surface area contributed by atoms with Crippen molar-refractivity contribution in [2.75, 3.05) is 20.8 Å². The molecular weight excluding hydrogens is 340 g/mol. The Kier molecular flexibility index (Phi) is 6.30. The number of carbonyl (C=O) groups is 1. The number of carbonyl (C=O) groups excluding carboxylic acids is 1. The number of hydrogen-bond donors (Lipinski definition) is 0. The third-order valence-electron chi connectivity index (χ3n) is 5.17. The van der Waals surface area contributed by atoms with E-state index in [0.29, 0.717) is 31.1 Å². The summed E-state index contributed by atoms with van der Waals surface area (Å²) in [5.41, 5.74) is 2.05. The van der Waals surface area contributed by atoms with Crippen molar-refractivity contribution in [3.8, 4) is 11.5 Å². The lowest BCUT2D eigenvalue weighted by Crippen LogP contribution is -2.29. The molecule has 2 aromatic carbocycles. The van der Waals surface area contributed by atoms with E-state index in [0.717, 1.165) is 24.0 Å². The van der Waals surface area contributed by atoms with Crippen LogP contribution in [0, 0.1) is 0 Å². The highest BCUT2D eigenvalue weighted by Gasteiger charge is 2.33. The summed E-state index contributed by atoms with van der Waals surface area (Å²) in [5.74, 6) is 1.58. The predicted octanol–water partition coefficient (Wildman–Crippen LogP) is 4.47. The molecular formula is C23H26O4. The van der Waals surface area contributed by atoms with Gasteiger partial charge >= 0.3 is 0 Å². The molecule has 0 aromatic heterocycles. The molecule has 0 fully saturated rings. The number of ketones is 1. The molecule has 1 atom stereocenters. The molecule has 0 N–H and O–H groups in total. The Hall–Kier alpha value is -2.59. The minimum atomic E-state index is -0.232. The van der Waals surface area contributed by atoms with Gasteiger partial charge in [-0.1, -0.05) is 42.5 Å². The Morgan fingerprint density at radius 1 is 1.00 bits per heavy atom. The Labute approximate surface area is 160 Å². The second kappa shape index (κ2) is 8.87. The van der Waals surface area contributed by atoms with Crippen LogP contribution in [0.2, 0.25) is 0 Å². The van der Waals surface area contributed by atoms with E-state index in [1.54, 1.807) is 20.3 Å². The summed E-state index contributed by atoms with van der Waals surface area (Å²) in [6.07, 6.45) is 5.86. The second-order valence-electron chi connectivity index (χ2n) is 6.81. The van der Waals surface area contributed by atoms with Crippen LogP contribution in [-0.4, -0.2) is 26.6 Å². The molecule has 3 rings (SSSR count). The average molecular weight is 366 g/mol. The van der Waals surface area contributed by atoms with Crippen LogP contribution in [-0.2, 0) is 21.6 Å². The first kappa shape index (κ1) is 19.2. The zero-order chi connectivity index (χ0) is 19.1. The summed E-state index contributed by atoms with van der Waals surface area (Å²) >= 11 is 0. The summed E-state index contributed by atoms with van der Waals surface area (Å²) in [6.45, 7) is 1.20. The van der Waals surface area contributed by atoms with Crippen molar-refractivity contribution in [2.24, 2.45) is 0 Å². The zero-order valence-electron chi connectivity index (χ0n) is 15.9. The first-order valence-electron chi connectivity index (χ1n) is 9.23. The van der Waals surface area contributed by atoms with Gasteiger partial charge in [-0.05, 0) is 42.2 Å². The number of methoxy groups -OCH3 is 2. The van der Waals surface area contributed by atoms with Gasteiger partial charge in [-0.3, -0.25) is 4.79 Å². The maximum Gasteiger partial charge on any atom is 0.161 e. The van der Waals surface area contributed by atoms with Gasteiger partial charge in [0.1, 0.15) is 0 Å². The lowest BCUT2D eigenvalue weighted by molar-refractivity contribution is -0.115. The molecule has 1 aliphatic rings. The minimum Gasteiger partial charge on any atom is -0.493 e. The van der Waals surface area contributed by atoms with Gasteiger partial charge in [-0.2, -0.15) is 0 Å². The van der Waals surface area contributed by atoms with Crippen molar-refractivity contribution in [3.63, 3.8) is 0 Å². The van der Waals surface area contributed by atoms with Crippen LogP contribution >= 0.6 is 0 Å². The summed E-state index contributed by atoms with van der Waals surface area (Å²) in [7, 11) is 3.27. The quantitative estimate of drug-likeness (QED) is 0.647. The molecule has 142 valence electrons. The maximum absolute atomic E-state index is 11.8. The Balaban J connectivity index is 1.76. The van der Waals surface area contributed by atoms with Crippen LogP contribution in [0.25, 0.3) is 0 Å². The highest BCUT2D eigenvalue weighted by molar-refractivity contribution is 5.91. The largest absolute Gasteiger partial charge is 0.493 e. The van der Waals surface area contributed by atoms with Crippen molar-refractivity contribution in [1.29, 1.82) is 0 Å². The van der Waals surface area contributed by atoms with E-state index in [9.17, 15) is 4.79 Å². The van der Waals surface area contributed by atoms with Crippen LogP contribution < -0.4 is 9.47 Å². The molecule has 0 amide bonds. The van der Waals surface area contributed by atoms with E-state index in [2.05, 4.69) is 18.2 Å². The first-order valence-corrected chi connectivity index (χ1v) is 9.23. The molecule has 2 aromatic rings. The topological polar surface area (TPSA) is 44.8 Å². The van der Waals surface area contributed by atoms with Gasteiger partial charge in [0, 0.05) is 18.4 Å². The van der Waals surface area contributed by atoms with E-state index in [1.165, 1.54) is 0 Å². The van der Waals surface area contributed by atoms with Gasteiger partial charge in [-0.15, -0.1) is 0 Å². The molecule has 1 aliphatic carbocycles. The summed E-state index contributed by atoms with van der Waals surface area (Å²) in [5, 5.41) is 0. The second-order valence-corrected chi connectivity index (χ2v) is 6.81. The fourth-order valence-electron chi connectivity index (χ4n) is 3.52. The molecule has 0 bridgehead atoms. The van der Waals surface area contributed by atoms with Crippen molar-refractivity contribution < 1.29 is 19.0 Å². The molecule has 0 radical (unpaired) electrons. The summed E-state index contributed by atoms with van der Waals surface area (Å²) in [4.78, 5) is 11.8. The van der Waals surface area contributed by atoms with Crippen LogP contribution in [0.5, 0.6) is 11.5 Å². The highest BCUT2D eigenvalue weighted by atomic mass is 16.5. The Morgan fingerprint density at radius 3 is 2.44 bits per heavy atom. The van der Waals surface area contributed by atoms with E-state index >= 15 is 0 Å². The predicted molar refractivity (Wildman–Crippen MR) is 105 cm³/mol. The maximum atomic E-state index is 11.8.